The van der Waals surface area contributed by atoms with Crippen LogP contribution in [0.4, 0.5) is 5.69 Å². The molecule has 1 aromatic rings. The highest BCUT2D eigenvalue weighted by Crippen LogP contribution is 2.11. The summed E-state index contributed by atoms with van der Waals surface area (Å²) in [7, 11) is 3.41. The predicted molar refractivity (Wildman–Crippen MR) is 74.5 cm³/mol. The minimum absolute atomic E-state index is 0.0253. The van der Waals surface area contributed by atoms with Crippen molar-refractivity contribution in [3.63, 3.8) is 0 Å². The summed E-state index contributed by atoms with van der Waals surface area (Å²) in [4.78, 5) is 35.7. The van der Waals surface area contributed by atoms with Gasteiger partial charge in [0.25, 0.3) is 5.91 Å². The summed E-state index contributed by atoms with van der Waals surface area (Å²) in [5, 5.41) is 11.3. The van der Waals surface area contributed by atoms with E-state index >= 15 is 0 Å². The molecule has 0 atom stereocenters. The molecule has 1 rings (SSSR count). The Morgan fingerprint density at radius 3 is 2.10 bits per heavy atom. The van der Waals surface area contributed by atoms with Gasteiger partial charge in [0.1, 0.15) is 0 Å². The second-order valence-electron chi connectivity index (χ2n) is 4.40. The van der Waals surface area contributed by atoms with Crippen LogP contribution in [-0.4, -0.2) is 41.8 Å². The largest absolute Gasteiger partial charge is 0.478 e. The fourth-order valence-electron chi connectivity index (χ4n) is 1.46. The Morgan fingerprint density at radius 1 is 1.15 bits per heavy atom. The highest BCUT2D eigenvalue weighted by molar-refractivity contribution is 6.22. The Labute approximate surface area is 116 Å². The number of nitrogens with zero attached hydrogens (tertiary/aromatic N) is 1. The van der Waals surface area contributed by atoms with E-state index in [4.69, 9.17) is 5.11 Å². The molecule has 0 spiro atoms. The van der Waals surface area contributed by atoms with Gasteiger partial charge in [-0.3, -0.25) is 9.59 Å². The van der Waals surface area contributed by atoms with Gasteiger partial charge in [-0.1, -0.05) is 0 Å². The number of carbonyl (C=O) groups excluding carboxylic acids is 2. The van der Waals surface area contributed by atoms with Crippen LogP contribution in [-0.2, 0) is 9.59 Å². The minimum atomic E-state index is -1.04. The number of benzene rings is 1. The first-order valence-corrected chi connectivity index (χ1v) is 5.85. The summed E-state index contributed by atoms with van der Waals surface area (Å²) in [6.07, 6.45) is 1.43. The van der Waals surface area contributed by atoms with Crippen LogP contribution in [0.3, 0.4) is 0 Å². The Morgan fingerprint density at radius 2 is 1.70 bits per heavy atom. The summed E-state index contributed by atoms with van der Waals surface area (Å²) >= 11 is 0. The van der Waals surface area contributed by atoms with Crippen molar-refractivity contribution in [2.45, 2.75) is 6.92 Å². The Balaban J connectivity index is 2.88. The number of carboxylic acid groups (broad SMARTS) is 1. The van der Waals surface area contributed by atoms with E-state index in [1.165, 1.54) is 37.4 Å². The van der Waals surface area contributed by atoms with E-state index in [0.29, 0.717) is 5.69 Å². The van der Waals surface area contributed by atoms with Crippen LogP contribution in [0.15, 0.2) is 36.0 Å². The average molecular weight is 276 g/mol. The van der Waals surface area contributed by atoms with Gasteiger partial charge in [0.2, 0.25) is 0 Å². The van der Waals surface area contributed by atoms with Crippen LogP contribution in [0.5, 0.6) is 0 Å². The molecule has 2 N–H and O–H groups in total. The molecular formula is C14H16N2O4. The molecule has 1 aromatic carbocycles. The molecule has 0 aliphatic heterocycles. The fourth-order valence-corrected chi connectivity index (χ4v) is 1.46. The first kappa shape index (κ1) is 15.4. The van der Waals surface area contributed by atoms with Crippen LogP contribution in [0, 0.1) is 0 Å². The summed E-state index contributed by atoms with van der Waals surface area (Å²) < 4.78 is 0. The number of hydrogen-bond donors (Lipinski definition) is 2. The van der Waals surface area contributed by atoms with Crippen LogP contribution >= 0.6 is 0 Å². The topological polar surface area (TPSA) is 86.7 Å². The maximum Gasteiger partial charge on any atom is 0.335 e. The lowest BCUT2D eigenvalue weighted by Gasteiger charge is -2.10. The molecule has 0 radical (unpaired) electrons. The van der Waals surface area contributed by atoms with Gasteiger partial charge >= 0.3 is 5.97 Å². The van der Waals surface area contributed by atoms with Crippen molar-refractivity contribution >= 4 is 23.3 Å². The lowest BCUT2D eigenvalue weighted by molar-refractivity contribution is -0.119. The molecule has 0 aliphatic carbocycles. The van der Waals surface area contributed by atoms with Crippen LogP contribution in [0.25, 0.3) is 0 Å². The van der Waals surface area contributed by atoms with E-state index in [2.05, 4.69) is 5.32 Å². The molecule has 6 heteroatoms. The second kappa shape index (κ2) is 6.51. The molecule has 0 aliphatic rings. The molecule has 0 bridgehead atoms. The van der Waals surface area contributed by atoms with Gasteiger partial charge in [-0.15, -0.1) is 0 Å². The maximum absolute atomic E-state index is 12.0. The van der Waals surface area contributed by atoms with Crippen molar-refractivity contribution in [3.8, 4) is 0 Å². The number of carboxylic acids is 1. The number of rotatable bonds is 5. The van der Waals surface area contributed by atoms with E-state index in [9.17, 15) is 14.4 Å². The molecule has 0 aromatic heterocycles. The average Bonchev–Trinajstić information content (AvgIpc) is 2.35. The zero-order valence-corrected chi connectivity index (χ0v) is 11.5. The molecule has 0 fully saturated rings. The summed E-state index contributed by atoms with van der Waals surface area (Å²) in [6, 6.07) is 5.69. The number of aromatic carboxylic acids is 1. The number of carbonyl (C=O) groups is 3. The van der Waals surface area contributed by atoms with Gasteiger partial charge in [0.15, 0.2) is 5.78 Å². The molecule has 20 heavy (non-hydrogen) atoms. The van der Waals surface area contributed by atoms with E-state index in [0.717, 1.165) is 0 Å². The van der Waals surface area contributed by atoms with E-state index in [-0.39, 0.29) is 16.9 Å². The number of amides is 1. The Hall–Kier alpha value is -2.63. The minimum Gasteiger partial charge on any atom is -0.478 e. The van der Waals surface area contributed by atoms with Crippen molar-refractivity contribution in [2.75, 3.05) is 19.4 Å². The van der Waals surface area contributed by atoms with Crippen LogP contribution in [0.1, 0.15) is 17.3 Å². The number of Topliss-reactive ketones (excluding diaryl/α,β-unsaturated/α-hetero) is 1. The molecule has 0 saturated heterocycles. The lowest BCUT2D eigenvalue weighted by Crippen LogP contribution is -2.21. The Kier molecular flexibility index (Phi) is 5.02. The molecule has 1 amide bonds. The molecule has 106 valence electrons. The van der Waals surface area contributed by atoms with Crippen LogP contribution < -0.4 is 5.32 Å². The van der Waals surface area contributed by atoms with Gasteiger partial charge in [-0.25, -0.2) is 4.79 Å². The summed E-state index contributed by atoms with van der Waals surface area (Å²) in [5.74, 6) is -1.92. The molecule has 0 heterocycles. The molecule has 0 saturated carbocycles. The van der Waals surface area contributed by atoms with Crippen molar-refractivity contribution in [3.05, 3.63) is 41.6 Å². The smallest absolute Gasteiger partial charge is 0.335 e. The van der Waals surface area contributed by atoms with Crippen molar-refractivity contribution in [2.24, 2.45) is 0 Å². The van der Waals surface area contributed by atoms with Gasteiger partial charge < -0.3 is 15.3 Å². The standard InChI is InChI=1S/C14H16N2O4/c1-9(17)12(8-16(2)3)13(18)15-11-6-4-10(5-7-11)14(19)20/h4-8H,1-3H3,(H,15,18)(H,19,20). The molecule has 6 nitrogen and oxygen atoms in total. The van der Waals surface area contributed by atoms with E-state index in [1.54, 1.807) is 19.0 Å². The number of anilines is 1. The van der Waals surface area contributed by atoms with Gasteiger partial charge in [-0.2, -0.15) is 0 Å². The van der Waals surface area contributed by atoms with Gasteiger partial charge in [0.05, 0.1) is 11.1 Å². The maximum atomic E-state index is 12.0. The number of nitrogens with one attached hydrogen (secondary N) is 1. The number of hydrogen-bond acceptors (Lipinski definition) is 4. The Bertz CT molecular complexity index is 559. The lowest BCUT2D eigenvalue weighted by atomic mass is 10.1. The van der Waals surface area contributed by atoms with Crippen molar-refractivity contribution < 1.29 is 19.5 Å². The summed E-state index contributed by atoms with van der Waals surface area (Å²) in [6.45, 7) is 1.31. The monoisotopic (exact) mass is 276 g/mol. The fraction of sp³-hybridized carbons (Fsp3) is 0.214. The first-order valence-electron chi connectivity index (χ1n) is 5.85. The predicted octanol–water partition coefficient (Wildman–Crippen LogP) is 1.36. The van der Waals surface area contributed by atoms with Crippen LogP contribution in [0.2, 0.25) is 0 Å². The zero-order valence-electron chi connectivity index (χ0n) is 11.5. The third kappa shape index (κ3) is 4.24. The van der Waals surface area contributed by atoms with Crippen molar-refractivity contribution in [1.29, 1.82) is 0 Å². The summed E-state index contributed by atoms with van der Waals surface area (Å²) in [5.41, 5.74) is 0.571. The normalized spacial score (nSPS) is 10.8. The van der Waals surface area contributed by atoms with E-state index in [1.807, 2.05) is 0 Å². The zero-order chi connectivity index (χ0) is 15.3. The second-order valence-corrected chi connectivity index (χ2v) is 4.40. The van der Waals surface area contributed by atoms with E-state index < -0.39 is 11.9 Å². The third-order valence-electron chi connectivity index (χ3n) is 2.40. The SMILES string of the molecule is CC(=O)C(=CN(C)C)C(=O)Nc1ccc(C(=O)O)cc1. The highest BCUT2D eigenvalue weighted by Gasteiger charge is 2.15. The molecule has 0 unspecified atom stereocenters. The van der Waals surface area contributed by atoms with Gasteiger partial charge in [-0.05, 0) is 31.2 Å². The number of ketones is 1. The highest BCUT2D eigenvalue weighted by atomic mass is 16.4. The third-order valence-corrected chi connectivity index (χ3v) is 2.40. The first-order chi connectivity index (χ1) is 9.31. The van der Waals surface area contributed by atoms with Gasteiger partial charge in [0, 0.05) is 26.0 Å². The van der Waals surface area contributed by atoms with Crippen molar-refractivity contribution in [1.82, 2.24) is 4.90 Å². The quantitative estimate of drug-likeness (QED) is 0.481. The molecular weight excluding hydrogens is 260 g/mol.